The second-order valence-corrected chi connectivity index (χ2v) is 3.57. The number of anilines is 1. The van der Waals surface area contributed by atoms with Crippen molar-refractivity contribution in [1.29, 1.82) is 0 Å². The quantitative estimate of drug-likeness (QED) is 0.773. The first-order chi connectivity index (χ1) is 7.81. The average molecular weight is 217 g/mol. The Morgan fingerprint density at radius 3 is 2.94 bits per heavy atom. The van der Waals surface area contributed by atoms with E-state index in [0.29, 0.717) is 12.3 Å². The van der Waals surface area contributed by atoms with Gasteiger partial charge in [0, 0.05) is 23.5 Å². The summed E-state index contributed by atoms with van der Waals surface area (Å²) >= 11 is 0. The molecule has 0 spiro atoms. The van der Waals surface area contributed by atoms with Crippen LogP contribution in [0, 0.1) is 0 Å². The molecule has 0 saturated heterocycles. The molecule has 2 aromatic rings. The average Bonchev–Trinajstić information content (AvgIpc) is 2.80. The van der Waals surface area contributed by atoms with Crippen molar-refractivity contribution >= 4 is 5.69 Å². The third-order valence-corrected chi connectivity index (χ3v) is 2.26. The monoisotopic (exact) mass is 217 g/mol. The highest BCUT2D eigenvalue weighted by molar-refractivity contribution is 5.69. The molecule has 0 radical (unpaired) electrons. The van der Waals surface area contributed by atoms with Crippen LogP contribution in [0.4, 0.5) is 5.69 Å². The number of nitrogen functional groups attached to an aromatic ring is 1. The second kappa shape index (κ2) is 4.70. The van der Waals surface area contributed by atoms with E-state index < -0.39 is 0 Å². The highest BCUT2D eigenvalue weighted by Gasteiger charge is 2.07. The number of rotatable bonds is 4. The molecule has 16 heavy (non-hydrogen) atoms. The van der Waals surface area contributed by atoms with Gasteiger partial charge in [-0.05, 0) is 24.6 Å². The molecular formula is C12H15N3O. The molecule has 2 rings (SSSR count). The standard InChI is InChI=1S/C12H15N3O/c1-2-7-16-12-8-9(13)3-4-10(12)11-5-6-14-15-11/h3-6,8H,2,7,13H2,1H3,(H,14,15). The summed E-state index contributed by atoms with van der Waals surface area (Å²) in [6.07, 6.45) is 2.69. The summed E-state index contributed by atoms with van der Waals surface area (Å²) in [5.41, 5.74) is 8.37. The number of aromatic amines is 1. The third-order valence-electron chi connectivity index (χ3n) is 2.26. The Labute approximate surface area is 94.4 Å². The maximum absolute atomic E-state index is 5.75. The van der Waals surface area contributed by atoms with Gasteiger partial charge in [0.25, 0.3) is 0 Å². The fourth-order valence-electron chi connectivity index (χ4n) is 1.50. The maximum Gasteiger partial charge on any atom is 0.130 e. The summed E-state index contributed by atoms with van der Waals surface area (Å²) in [4.78, 5) is 0. The van der Waals surface area contributed by atoms with Gasteiger partial charge in [0.15, 0.2) is 0 Å². The number of H-pyrrole nitrogens is 1. The predicted molar refractivity (Wildman–Crippen MR) is 64.2 cm³/mol. The summed E-state index contributed by atoms with van der Waals surface area (Å²) in [6, 6.07) is 7.54. The SMILES string of the molecule is CCCOc1cc(N)ccc1-c1ccn[nH]1. The van der Waals surface area contributed by atoms with Crippen LogP contribution in [0.3, 0.4) is 0 Å². The molecule has 0 bridgehead atoms. The van der Waals surface area contributed by atoms with Crippen LogP contribution in [0.5, 0.6) is 5.75 Å². The van der Waals surface area contributed by atoms with Crippen molar-refractivity contribution in [2.45, 2.75) is 13.3 Å². The van der Waals surface area contributed by atoms with Crippen molar-refractivity contribution in [1.82, 2.24) is 10.2 Å². The van der Waals surface area contributed by atoms with E-state index in [4.69, 9.17) is 10.5 Å². The minimum atomic E-state index is 0.685. The van der Waals surface area contributed by atoms with Crippen LogP contribution in [0.2, 0.25) is 0 Å². The summed E-state index contributed by atoms with van der Waals surface area (Å²) in [7, 11) is 0. The van der Waals surface area contributed by atoms with Crippen LogP contribution in [-0.2, 0) is 0 Å². The van der Waals surface area contributed by atoms with Crippen LogP contribution in [0.1, 0.15) is 13.3 Å². The number of hydrogen-bond donors (Lipinski definition) is 2. The van der Waals surface area contributed by atoms with E-state index in [-0.39, 0.29) is 0 Å². The molecule has 4 heteroatoms. The molecule has 0 aliphatic carbocycles. The number of ether oxygens (including phenoxy) is 1. The highest BCUT2D eigenvalue weighted by Crippen LogP contribution is 2.30. The number of nitrogens with zero attached hydrogens (tertiary/aromatic N) is 1. The van der Waals surface area contributed by atoms with Crippen LogP contribution < -0.4 is 10.5 Å². The van der Waals surface area contributed by atoms with Crippen molar-refractivity contribution in [3.63, 3.8) is 0 Å². The lowest BCUT2D eigenvalue weighted by atomic mass is 10.1. The first-order valence-electron chi connectivity index (χ1n) is 5.33. The molecule has 0 aliphatic heterocycles. The highest BCUT2D eigenvalue weighted by atomic mass is 16.5. The molecule has 0 unspecified atom stereocenters. The minimum absolute atomic E-state index is 0.685. The number of hydrogen-bond acceptors (Lipinski definition) is 3. The van der Waals surface area contributed by atoms with Gasteiger partial charge in [0.2, 0.25) is 0 Å². The van der Waals surface area contributed by atoms with Gasteiger partial charge in [0.05, 0.1) is 12.3 Å². The molecule has 0 atom stereocenters. The van der Waals surface area contributed by atoms with E-state index in [1.165, 1.54) is 0 Å². The Kier molecular flexibility index (Phi) is 3.10. The smallest absolute Gasteiger partial charge is 0.130 e. The molecule has 4 nitrogen and oxygen atoms in total. The number of benzene rings is 1. The summed E-state index contributed by atoms with van der Waals surface area (Å²) in [5, 5.41) is 6.85. The number of nitrogens with one attached hydrogen (secondary N) is 1. The molecule has 1 aromatic heterocycles. The molecule has 84 valence electrons. The molecule has 0 saturated carbocycles. The van der Waals surface area contributed by atoms with Crippen LogP contribution in [0.15, 0.2) is 30.5 Å². The fraction of sp³-hybridized carbons (Fsp3) is 0.250. The van der Waals surface area contributed by atoms with Crippen LogP contribution in [0.25, 0.3) is 11.3 Å². The van der Waals surface area contributed by atoms with E-state index in [1.807, 2.05) is 24.3 Å². The molecule has 0 fully saturated rings. The van der Waals surface area contributed by atoms with Gasteiger partial charge in [0.1, 0.15) is 5.75 Å². The zero-order chi connectivity index (χ0) is 11.4. The lowest BCUT2D eigenvalue weighted by Gasteiger charge is -2.10. The predicted octanol–water partition coefficient (Wildman–Crippen LogP) is 2.45. The van der Waals surface area contributed by atoms with Crippen molar-refractivity contribution < 1.29 is 4.74 Å². The Bertz CT molecular complexity index is 451. The van der Waals surface area contributed by atoms with E-state index in [2.05, 4.69) is 17.1 Å². The lowest BCUT2D eigenvalue weighted by Crippen LogP contribution is -1.98. The summed E-state index contributed by atoms with van der Waals surface area (Å²) in [5.74, 6) is 0.797. The number of aromatic nitrogens is 2. The zero-order valence-corrected chi connectivity index (χ0v) is 9.23. The number of nitrogens with two attached hydrogens (primary N) is 1. The zero-order valence-electron chi connectivity index (χ0n) is 9.23. The van der Waals surface area contributed by atoms with Gasteiger partial charge >= 0.3 is 0 Å². The summed E-state index contributed by atoms with van der Waals surface area (Å²) < 4.78 is 5.66. The first kappa shape index (κ1) is 10.5. The van der Waals surface area contributed by atoms with E-state index in [0.717, 1.165) is 23.4 Å². The van der Waals surface area contributed by atoms with E-state index >= 15 is 0 Å². The van der Waals surface area contributed by atoms with Gasteiger partial charge in [-0.3, -0.25) is 5.10 Å². The first-order valence-corrected chi connectivity index (χ1v) is 5.33. The molecule has 0 amide bonds. The van der Waals surface area contributed by atoms with Gasteiger partial charge in [-0.15, -0.1) is 0 Å². The van der Waals surface area contributed by atoms with Gasteiger partial charge in [-0.2, -0.15) is 5.10 Å². The molecule has 1 aromatic carbocycles. The van der Waals surface area contributed by atoms with Gasteiger partial charge in [-0.1, -0.05) is 6.92 Å². The Morgan fingerprint density at radius 1 is 1.38 bits per heavy atom. The topological polar surface area (TPSA) is 63.9 Å². The van der Waals surface area contributed by atoms with Crippen molar-refractivity contribution in [3.05, 3.63) is 30.5 Å². The minimum Gasteiger partial charge on any atom is -0.493 e. The Morgan fingerprint density at radius 2 is 2.25 bits per heavy atom. The van der Waals surface area contributed by atoms with Crippen molar-refractivity contribution in [2.75, 3.05) is 12.3 Å². The molecular weight excluding hydrogens is 202 g/mol. The van der Waals surface area contributed by atoms with E-state index in [1.54, 1.807) is 6.20 Å². The summed E-state index contributed by atoms with van der Waals surface area (Å²) in [6.45, 7) is 2.76. The maximum atomic E-state index is 5.75. The third kappa shape index (κ3) is 2.16. The lowest BCUT2D eigenvalue weighted by molar-refractivity contribution is 0.319. The second-order valence-electron chi connectivity index (χ2n) is 3.57. The van der Waals surface area contributed by atoms with Crippen LogP contribution in [-0.4, -0.2) is 16.8 Å². The van der Waals surface area contributed by atoms with Crippen LogP contribution >= 0.6 is 0 Å². The van der Waals surface area contributed by atoms with E-state index in [9.17, 15) is 0 Å². The van der Waals surface area contributed by atoms with Crippen molar-refractivity contribution in [3.8, 4) is 17.0 Å². The van der Waals surface area contributed by atoms with Crippen molar-refractivity contribution in [2.24, 2.45) is 0 Å². The normalized spacial score (nSPS) is 10.3. The molecule has 3 N–H and O–H groups in total. The largest absolute Gasteiger partial charge is 0.493 e. The fourth-order valence-corrected chi connectivity index (χ4v) is 1.50. The van der Waals surface area contributed by atoms with Gasteiger partial charge in [-0.25, -0.2) is 0 Å². The Hall–Kier alpha value is -1.97. The Balaban J connectivity index is 2.36. The molecule has 1 heterocycles. The molecule has 0 aliphatic rings. The van der Waals surface area contributed by atoms with Gasteiger partial charge < -0.3 is 10.5 Å².